The summed E-state index contributed by atoms with van der Waals surface area (Å²) in [7, 11) is 0. The first-order valence-corrected chi connectivity index (χ1v) is 8.28. The molecule has 2 N–H and O–H groups in total. The zero-order chi connectivity index (χ0) is 17.4. The summed E-state index contributed by atoms with van der Waals surface area (Å²) in [6.07, 6.45) is 0. The van der Waals surface area contributed by atoms with Gasteiger partial charge in [-0.1, -0.05) is 24.3 Å². The minimum atomic E-state index is -0.101. The molecule has 0 amide bonds. The lowest BCUT2D eigenvalue weighted by atomic mass is 9.82. The van der Waals surface area contributed by atoms with E-state index in [4.69, 9.17) is 0 Å². The van der Waals surface area contributed by atoms with Gasteiger partial charge in [0.1, 0.15) is 0 Å². The lowest BCUT2D eigenvalue weighted by Gasteiger charge is -2.24. The number of benzene rings is 2. The Labute approximate surface area is 142 Å². The van der Waals surface area contributed by atoms with E-state index in [2.05, 4.69) is 10.6 Å². The maximum absolute atomic E-state index is 13.1. The number of anilines is 2. The summed E-state index contributed by atoms with van der Waals surface area (Å²) in [5, 5.41) is 6.55. The lowest BCUT2D eigenvalue weighted by Crippen LogP contribution is -2.25. The molecule has 0 unspecified atom stereocenters. The van der Waals surface area contributed by atoms with Crippen molar-refractivity contribution >= 4 is 22.9 Å². The third-order valence-corrected chi connectivity index (χ3v) is 3.96. The molecule has 0 saturated heterocycles. The van der Waals surface area contributed by atoms with Crippen molar-refractivity contribution in [3.05, 3.63) is 58.7 Å². The molecule has 3 rings (SSSR count). The zero-order valence-electron chi connectivity index (χ0n) is 14.4. The van der Waals surface area contributed by atoms with E-state index in [0.29, 0.717) is 33.6 Å². The van der Waals surface area contributed by atoms with E-state index in [1.807, 2.05) is 52.0 Å². The van der Waals surface area contributed by atoms with Gasteiger partial charge in [-0.25, -0.2) is 0 Å². The minimum absolute atomic E-state index is 0.101. The van der Waals surface area contributed by atoms with Gasteiger partial charge < -0.3 is 10.6 Å². The molecule has 2 aromatic rings. The number of carbonyl (C=O) groups excluding carboxylic acids is 2. The third-order valence-electron chi connectivity index (χ3n) is 3.96. The van der Waals surface area contributed by atoms with Gasteiger partial charge in [0, 0.05) is 34.6 Å². The average molecular weight is 322 g/mol. The van der Waals surface area contributed by atoms with E-state index >= 15 is 0 Å². The summed E-state index contributed by atoms with van der Waals surface area (Å²) in [5.41, 5.74) is 3.32. The van der Waals surface area contributed by atoms with Crippen molar-refractivity contribution in [2.24, 2.45) is 0 Å². The molecule has 0 saturated carbocycles. The molecule has 0 bridgehead atoms. The Morgan fingerprint density at radius 2 is 1.04 bits per heavy atom. The molecule has 0 atom stereocenters. The molecule has 24 heavy (non-hydrogen) atoms. The van der Waals surface area contributed by atoms with E-state index in [0.717, 1.165) is 0 Å². The molecular weight excluding hydrogens is 300 g/mol. The van der Waals surface area contributed by atoms with Crippen LogP contribution in [0, 0.1) is 0 Å². The van der Waals surface area contributed by atoms with Crippen molar-refractivity contribution in [2.45, 2.75) is 39.8 Å². The maximum atomic E-state index is 13.1. The molecule has 4 nitrogen and oxygen atoms in total. The van der Waals surface area contributed by atoms with Gasteiger partial charge in [-0.05, 0) is 39.8 Å². The monoisotopic (exact) mass is 322 g/mol. The van der Waals surface area contributed by atoms with Crippen molar-refractivity contribution < 1.29 is 9.59 Å². The van der Waals surface area contributed by atoms with Gasteiger partial charge in [0.25, 0.3) is 0 Å². The quantitative estimate of drug-likeness (QED) is 0.759. The molecule has 0 spiro atoms. The molecule has 4 heteroatoms. The van der Waals surface area contributed by atoms with Crippen LogP contribution < -0.4 is 10.6 Å². The Kier molecular flexibility index (Phi) is 4.14. The zero-order valence-corrected chi connectivity index (χ0v) is 14.4. The van der Waals surface area contributed by atoms with Gasteiger partial charge in [-0.15, -0.1) is 0 Å². The van der Waals surface area contributed by atoms with Crippen molar-refractivity contribution in [3.63, 3.8) is 0 Å². The van der Waals surface area contributed by atoms with Crippen LogP contribution in [0.2, 0.25) is 0 Å². The molecular formula is C20H22N2O2. The SMILES string of the molecule is CC(C)Nc1cccc2c1C(=O)c1cccc(NC(C)C)c1C2=O. The molecule has 0 aromatic heterocycles. The first-order valence-electron chi connectivity index (χ1n) is 8.28. The lowest BCUT2D eigenvalue weighted by molar-refractivity contribution is 0.0980. The fraction of sp³-hybridized carbons (Fsp3) is 0.300. The fourth-order valence-corrected chi connectivity index (χ4v) is 3.10. The molecule has 2 aromatic carbocycles. The number of rotatable bonds is 4. The van der Waals surface area contributed by atoms with Crippen LogP contribution in [-0.2, 0) is 0 Å². The normalized spacial score (nSPS) is 13.1. The number of fused-ring (bicyclic) bond motifs is 2. The van der Waals surface area contributed by atoms with Gasteiger partial charge in [0.2, 0.25) is 0 Å². The van der Waals surface area contributed by atoms with Crippen molar-refractivity contribution in [1.29, 1.82) is 0 Å². The van der Waals surface area contributed by atoms with E-state index in [1.165, 1.54) is 0 Å². The van der Waals surface area contributed by atoms with Crippen molar-refractivity contribution in [3.8, 4) is 0 Å². The molecule has 0 heterocycles. The van der Waals surface area contributed by atoms with Crippen LogP contribution in [0.25, 0.3) is 0 Å². The summed E-state index contributed by atoms with van der Waals surface area (Å²) in [4.78, 5) is 26.1. The van der Waals surface area contributed by atoms with Crippen LogP contribution in [0.1, 0.15) is 59.5 Å². The molecule has 0 radical (unpaired) electrons. The Morgan fingerprint density at radius 1 is 0.667 bits per heavy atom. The number of nitrogens with one attached hydrogen (secondary N) is 2. The van der Waals surface area contributed by atoms with Gasteiger partial charge in [-0.2, -0.15) is 0 Å². The summed E-state index contributed by atoms with van der Waals surface area (Å²) in [6.45, 7) is 8.03. The number of hydrogen-bond acceptors (Lipinski definition) is 4. The molecule has 0 fully saturated rings. The Morgan fingerprint density at radius 3 is 1.38 bits per heavy atom. The van der Waals surface area contributed by atoms with Gasteiger partial charge in [-0.3, -0.25) is 9.59 Å². The number of hydrogen-bond donors (Lipinski definition) is 2. The van der Waals surface area contributed by atoms with E-state index < -0.39 is 0 Å². The van der Waals surface area contributed by atoms with Gasteiger partial charge in [0.15, 0.2) is 11.6 Å². The van der Waals surface area contributed by atoms with Gasteiger partial charge >= 0.3 is 0 Å². The Bertz CT molecular complexity index is 753. The van der Waals surface area contributed by atoms with Crippen LogP contribution in [0.3, 0.4) is 0 Å². The van der Waals surface area contributed by atoms with E-state index in [9.17, 15) is 9.59 Å². The van der Waals surface area contributed by atoms with Crippen LogP contribution in [0.4, 0.5) is 11.4 Å². The van der Waals surface area contributed by atoms with Crippen LogP contribution in [0.5, 0.6) is 0 Å². The molecule has 0 aliphatic heterocycles. The number of carbonyl (C=O) groups is 2. The first kappa shape index (κ1) is 16.2. The second-order valence-electron chi connectivity index (χ2n) is 6.71. The Hall–Kier alpha value is -2.62. The topological polar surface area (TPSA) is 58.2 Å². The predicted molar refractivity (Wildman–Crippen MR) is 97.3 cm³/mol. The Balaban J connectivity index is 2.19. The standard InChI is InChI=1S/C20H22N2O2/c1-11(2)21-15-9-5-7-13-17(15)19(23)14-8-6-10-16(22-12(3)4)18(14)20(13)24/h5-12,21-22H,1-4H3. The highest BCUT2D eigenvalue weighted by atomic mass is 16.1. The second kappa shape index (κ2) is 6.11. The molecule has 1 aliphatic carbocycles. The van der Waals surface area contributed by atoms with Gasteiger partial charge in [0.05, 0.1) is 11.1 Å². The summed E-state index contributed by atoms with van der Waals surface area (Å²) >= 11 is 0. The summed E-state index contributed by atoms with van der Waals surface area (Å²) < 4.78 is 0. The minimum Gasteiger partial charge on any atom is -0.382 e. The average Bonchev–Trinajstić information content (AvgIpc) is 2.51. The van der Waals surface area contributed by atoms with Crippen LogP contribution in [0.15, 0.2) is 36.4 Å². The second-order valence-corrected chi connectivity index (χ2v) is 6.71. The van der Waals surface area contributed by atoms with Crippen molar-refractivity contribution in [2.75, 3.05) is 10.6 Å². The van der Waals surface area contributed by atoms with Crippen molar-refractivity contribution in [1.82, 2.24) is 0 Å². The highest BCUT2D eigenvalue weighted by Gasteiger charge is 2.33. The van der Waals surface area contributed by atoms with Crippen LogP contribution in [-0.4, -0.2) is 23.7 Å². The highest BCUT2D eigenvalue weighted by molar-refractivity contribution is 6.31. The smallest absolute Gasteiger partial charge is 0.196 e. The first-order chi connectivity index (χ1) is 11.4. The fourth-order valence-electron chi connectivity index (χ4n) is 3.10. The predicted octanol–water partition coefficient (Wildman–Crippen LogP) is 4.10. The maximum Gasteiger partial charge on any atom is 0.196 e. The highest BCUT2D eigenvalue weighted by Crippen LogP contribution is 2.35. The summed E-state index contributed by atoms with van der Waals surface area (Å²) in [5.74, 6) is -0.202. The van der Waals surface area contributed by atoms with Crippen LogP contribution >= 0.6 is 0 Å². The summed E-state index contributed by atoms with van der Waals surface area (Å²) in [6, 6.07) is 11.2. The van der Waals surface area contributed by atoms with E-state index in [-0.39, 0.29) is 23.7 Å². The third kappa shape index (κ3) is 2.68. The largest absolute Gasteiger partial charge is 0.382 e. The molecule has 1 aliphatic rings. The van der Waals surface area contributed by atoms with E-state index in [1.54, 1.807) is 12.1 Å². The molecule has 124 valence electrons. The number of ketones is 2.